The van der Waals surface area contributed by atoms with Crippen LogP contribution < -0.4 is 31.5 Å². The van der Waals surface area contributed by atoms with Crippen LogP contribution >= 0.6 is 0 Å². The monoisotopic (exact) mass is 361 g/mol. The summed E-state index contributed by atoms with van der Waals surface area (Å²) >= 11 is 0. The lowest BCUT2D eigenvalue weighted by Gasteiger charge is -2.20. The number of rotatable bonds is 9. The number of benzene rings is 1. The Labute approximate surface area is 150 Å². The van der Waals surface area contributed by atoms with Crippen LogP contribution in [-0.2, 0) is 4.74 Å². The van der Waals surface area contributed by atoms with E-state index in [2.05, 4.69) is 13.8 Å². The number of hydrogen-bond donors (Lipinski definition) is 1. The quantitative estimate of drug-likeness (QED) is 0.525. The summed E-state index contributed by atoms with van der Waals surface area (Å²) in [6.45, 7) is 8.93. The fourth-order valence-corrected chi connectivity index (χ4v) is 2.44. The highest BCUT2D eigenvalue weighted by atomic mass is 35.5. The molecule has 0 aliphatic carbocycles. The van der Waals surface area contributed by atoms with Gasteiger partial charge in [0.05, 0.1) is 40.0 Å². The van der Waals surface area contributed by atoms with Gasteiger partial charge in [0.2, 0.25) is 5.75 Å². The smallest absolute Gasteiger partial charge is 0.338 e. The average Bonchev–Trinajstić information content (AvgIpc) is 2.57. The molecule has 1 rings (SSSR count). The maximum atomic E-state index is 12.4. The topological polar surface area (TPSA) is 58.4 Å². The number of hydrogen-bond acceptors (Lipinski definition) is 5. The van der Waals surface area contributed by atoms with Crippen LogP contribution in [-0.4, -0.2) is 53.0 Å². The lowest BCUT2D eigenvalue weighted by atomic mass is 10.2. The summed E-state index contributed by atoms with van der Waals surface area (Å²) < 4.78 is 21.3. The molecule has 0 heterocycles. The molecule has 1 aromatic rings. The highest BCUT2D eigenvalue weighted by Gasteiger charge is 2.20. The van der Waals surface area contributed by atoms with E-state index >= 15 is 0 Å². The second-order valence-electron chi connectivity index (χ2n) is 5.29. The third kappa shape index (κ3) is 5.76. The number of esters is 1. The summed E-state index contributed by atoms with van der Waals surface area (Å²) in [5, 5.41) is 0. The minimum absolute atomic E-state index is 0. The number of carbonyl (C=O) groups excluding carboxylic acids is 1. The van der Waals surface area contributed by atoms with Crippen molar-refractivity contribution in [3.63, 3.8) is 0 Å². The maximum absolute atomic E-state index is 12.4. The molecule has 0 amide bonds. The van der Waals surface area contributed by atoms with Crippen LogP contribution in [0.5, 0.6) is 17.2 Å². The fourth-order valence-electron chi connectivity index (χ4n) is 2.44. The van der Waals surface area contributed by atoms with Crippen LogP contribution in [0.1, 0.15) is 31.1 Å². The number of carbonyl (C=O) groups is 1. The Morgan fingerprint density at radius 2 is 1.54 bits per heavy atom. The number of ether oxygens (including phenoxy) is 4. The Morgan fingerprint density at radius 1 is 1.04 bits per heavy atom. The van der Waals surface area contributed by atoms with Crippen molar-refractivity contribution in [2.24, 2.45) is 0 Å². The van der Waals surface area contributed by atoms with E-state index in [4.69, 9.17) is 18.9 Å². The zero-order valence-electron chi connectivity index (χ0n) is 15.3. The van der Waals surface area contributed by atoms with Gasteiger partial charge in [-0.2, -0.15) is 0 Å². The predicted molar refractivity (Wildman–Crippen MR) is 87.9 cm³/mol. The van der Waals surface area contributed by atoms with Crippen molar-refractivity contribution >= 4 is 5.97 Å². The number of methoxy groups -OCH3 is 3. The zero-order valence-corrected chi connectivity index (χ0v) is 16.0. The Hall–Kier alpha value is -1.66. The molecule has 6 nitrogen and oxygen atoms in total. The molecule has 0 aliphatic heterocycles. The fraction of sp³-hybridized carbons (Fsp3) is 0.588. The first kappa shape index (κ1) is 22.3. The van der Waals surface area contributed by atoms with Crippen molar-refractivity contribution in [2.75, 3.05) is 41.0 Å². The molecule has 0 saturated carbocycles. The third-order valence-electron chi connectivity index (χ3n) is 3.78. The summed E-state index contributed by atoms with van der Waals surface area (Å²) in [5.41, 5.74) is 0.376. The van der Waals surface area contributed by atoms with Crippen molar-refractivity contribution < 1.29 is 41.0 Å². The van der Waals surface area contributed by atoms with E-state index < -0.39 is 5.97 Å². The summed E-state index contributed by atoms with van der Waals surface area (Å²) in [6.07, 6.45) is -0.170. The van der Waals surface area contributed by atoms with Gasteiger partial charge in [-0.3, -0.25) is 0 Å². The first-order valence-corrected chi connectivity index (χ1v) is 7.85. The molecule has 1 atom stereocenters. The van der Waals surface area contributed by atoms with Gasteiger partial charge in [-0.1, -0.05) is 0 Å². The summed E-state index contributed by atoms with van der Waals surface area (Å²) in [4.78, 5) is 13.8. The van der Waals surface area contributed by atoms with E-state index in [1.807, 2.05) is 6.92 Å². The third-order valence-corrected chi connectivity index (χ3v) is 3.78. The molecule has 0 spiro atoms. The largest absolute Gasteiger partial charge is 1.00 e. The number of nitrogens with one attached hydrogen (secondary N) is 1. The van der Waals surface area contributed by atoms with Gasteiger partial charge in [-0.15, -0.1) is 0 Å². The Balaban J connectivity index is 0.00000529. The molecule has 0 saturated heterocycles. The van der Waals surface area contributed by atoms with E-state index in [1.165, 1.54) is 26.2 Å². The van der Waals surface area contributed by atoms with Crippen molar-refractivity contribution in [2.45, 2.75) is 26.9 Å². The average molecular weight is 362 g/mol. The highest BCUT2D eigenvalue weighted by Crippen LogP contribution is 2.38. The van der Waals surface area contributed by atoms with Gasteiger partial charge in [0.1, 0.15) is 12.6 Å². The standard InChI is InChI=1S/C17H27NO5.ClH/c1-7-18(8-2)11-12(3)23-17(19)13-9-14(20-4)16(22-6)15(10-13)21-5;/h9-10,12H,7-8,11H2,1-6H3;1H. The second kappa shape index (κ2) is 11.0. The first-order chi connectivity index (χ1) is 11.0. The van der Waals surface area contributed by atoms with Crippen LogP contribution in [0, 0.1) is 0 Å². The molecular weight excluding hydrogens is 334 g/mol. The highest BCUT2D eigenvalue weighted by molar-refractivity contribution is 5.91. The Kier molecular flexibility index (Phi) is 10.2. The van der Waals surface area contributed by atoms with Crippen molar-refractivity contribution in [1.82, 2.24) is 0 Å². The van der Waals surface area contributed by atoms with Crippen molar-refractivity contribution in [3.8, 4) is 17.2 Å². The van der Waals surface area contributed by atoms with Gasteiger partial charge in [-0.25, -0.2) is 4.79 Å². The molecule has 0 bridgehead atoms. The van der Waals surface area contributed by atoms with E-state index in [0.29, 0.717) is 22.8 Å². The Morgan fingerprint density at radius 3 is 1.92 bits per heavy atom. The maximum Gasteiger partial charge on any atom is 0.338 e. The summed E-state index contributed by atoms with van der Waals surface area (Å²) in [7, 11) is 4.55. The molecule has 0 aliphatic rings. The van der Waals surface area contributed by atoms with E-state index in [1.54, 1.807) is 12.1 Å². The van der Waals surface area contributed by atoms with E-state index in [9.17, 15) is 4.79 Å². The predicted octanol–water partition coefficient (Wildman–Crippen LogP) is -1.81. The minimum atomic E-state index is -0.400. The lowest BCUT2D eigenvalue weighted by molar-refractivity contribution is -0.899. The van der Waals surface area contributed by atoms with Crippen LogP contribution in [0.4, 0.5) is 0 Å². The van der Waals surface area contributed by atoms with Gasteiger partial charge in [0.15, 0.2) is 11.5 Å². The lowest BCUT2D eigenvalue weighted by Crippen LogP contribution is -3.12. The molecule has 0 fully saturated rings. The van der Waals surface area contributed by atoms with E-state index in [0.717, 1.165) is 19.6 Å². The second-order valence-corrected chi connectivity index (χ2v) is 5.29. The molecule has 7 heteroatoms. The number of halogens is 1. The molecule has 1 N–H and O–H groups in total. The minimum Gasteiger partial charge on any atom is -1.00 e. The van der Waals surface area contributed by atoms with Crippen LogP contribution in [0.3, 0.4) is 0 Å². The van der Waals surface area contributed by atoms with Crippen molar-refractivity contribution in [1.29, 1.82) is 0 Å². The summed E-state index contributed by atoms with van der Waals surface area (Å²) in [5.74, 6) is 0.914. The number of quaternary nitrogens is 1. The molecule has 24 heavy (non-hydrogen) atoms. The van der Waals surface area contributed by atoms with E-state index in [-0.39, 0.29) is 18.5 Å². The summed E-state index contributed by atoms with van der Waals surface area (Å²) in [6, 6.07) is 3.20. The van der Waals surface area contributed by atoms with Gasteiger partial charge >= 0.3 is 5.97 Å². The Bertz CT molecular complexity index is 495. The van der Waals surface area contributed by atoms with Gasteiger partial charge in [-0.05, 0) is 32.9 Å². The van der Waals surface area contributed by atoms with Crippen molar-refractivity contribution in [3.05, 3.63) is 17.7 Å². The zero-order chi connectivity index (χ0) is 17.4. The van der Waals surface area contributed by atoms with Gasteiger partial charge in [0, 0.05) is 0 Å². The molecule has 1 unspecified atom stereocenters. The first-order valence-electron chi connectivity index (χ1n) is 7.85. The van der Waals surface area contributed by atoms with Crippen LogP contribution in [0.2, 0.25) is 0 Å². The van der Waals surface area contributed by atoms with Gasteiger partial charge < -0.3 is 36.3 Å². The number of likely N-dealkylation sites (N-methyl/N-ethyl adjacent to an activating group) is 1. The molecular formula is C17H28ClNO5. The molecule has 0 aromatic heterocycles. The van der Waals surface area contributed by atoms with Gasteiger partial charge in [0.25, 0.3) is 0 Å². The van der Waals surface area contributed by atoms with Crippen LogP contribution in [0.15, 0.2) is 12.1 Å². The molecule has 0 radical (unpaired) electrons. The molecule has 138 valence electrons. The molecule has 1 aromatic carbocycles. The van der Waals surface area contributed by atoms with Crippen LogP contribution in [0.25, 0.3) is 0 Å². The SMILES string of the molecule is CC[NH+](CC)CC(C)OC(=O)c1cc(OC)c(OC)c(OC)c1.[Cl-]. The normalized spacial score (nSPS) is 11.5.